The second-order valence-electron chi connectivity index (χ2n) is 11.0. The number of benzene rings is 2. The first-order chi connectivity index (χ1) is 21.3. The van der Waals surface area contributed by atoms with Crippen LogP contribution in [0.25, 0.3) is 22.2 Å². The van der Waals surface area contributed by atoms with Crippen LogP contribution in [0.2, 0.25) is 5.02 Å². The molecule has 0 saturated carbocycles. The van der Waals surface area contributed by atoms with E-state index >= 15 is 0 Å². The number of nitrogens with one attached hydrogen (secondary N) is 1. The van der Waals surface area contributed by atoms with Gasteiger partial charge in [0.15, 0.2) is 5.82 Å². The lowest BCUT2D eigenvalue weighted by molar-refractivity contribution is -0.128. The number of aromatic amines is 1. The van der Waals surface area contributed by atoms with Crippen molar-refractivity contribution in [2.75, 3.05) is 31.6 Å². The highest BCUT2D eigenvalue weighted by Crippen LogP contribution is 2.40. The zero-order chi connectivity index (χ0) is 31.5. The molecule has 0 aliphatic carbocycles. The molecular formula is C34H38ClN7O2. The summed E-state index contributed by atoms with van der Waals surface area (Å²) in [5, 5.41) is 8.61. The van der Waals surface area contributed by atoms with Gasteiger partial charge in [0.1, 0.15) is 5.84 Å². The lowest BCUT2D eigenvalue weighted by Gasteiger charge is -2.41. The Balaban J connectivity index is 1.76. The van der Waals surface area contributed by atoms with Crippen LogP contribution in [0.5, 0.6) is 0 Å². The van der Waals surface area contributed by atoms with E-state index in [0.29, 0.717) is 47.6 Å². The van der Waals surface area contributed by atoms with Gasteiger partial charge < -0.3 is 9.80 Å². The fourth-order valence-corrected chi connectivity index (χ4v) is 6.43. The highest BCUT2D eigenvalue weighted by atomic mass is 35.5. The molecule has 1 aliphatic rings. The van der Waals surface area contributed by atoms with Crippen LogP contribution in [-0.4, -0.2) is 75.9 Å². The van der Waals surface area contributed by atoms with E-state index in [4.69, 9.17) is 21.6 Å². The van der Waals surface area contributed by atoms with Gasteiger partial charge in [0, 0.05) is 43.7 Å². The number of carbonyl (C=O) groups is 2. The number of carbonyl (C=O) groups excluding carboxylic acids is 2. The van der Waals surface area contributed by atoms with E-state index in [1.807, 2.05) is 43.3 Å². The Morgan fingerprint density at radius 1 is 1.20 bits per heavy atom. The molecule has 2 aromatic carbocycles. The van der Waals surface area contributed by atoms with Crippen LogP contribution in [0.15, 0.2) is 60.2 Å². The third-order valence-corrected chi connectivity index (χ3v) is 8.69. The summed E-state index contributed by atoms with van der Waals surface area (Å²) in [4.78, 5) is 41.1. The number of para-hydroxylation sites is 1. The molecule has 2 amide bonds. The number of rotatable bonds is 8. The molecule has 1 atom stereocenters. The predicted octanol–water partition coefficient (Wildman–Crippen LogP) is 6.10. The summed E-state index contributed by atoms with van der Waals surface area (Å²) in [7, 11) is 1.73. The van der Waals surface area contributed by atoms with Crippen LogP contribution in [0.4, 0.5) is 11.5 Å². The summed E-state index contributed by atoms with van der Waals surface area (Å²) in [6.07, 6.45) is 5.43. The number of pyridine rings is 1. The summed E-state index contributed by atoms with van der Waals surface area (Å²) >= 11 is 7.11. The first-order valence-corrected chi connectivity index (χ1v) is 15.3. The van der Waals surface area contributed by atoms with Crippen LogP contribution in [0.1, 0.15) is 43.0 Å². The number of nitrogens with zero attached hydrogens (tertiary/aromatic N) is 6. The lowest BCUT2D eigenvalue weighted by Crippen LogP contribution is -2.55. The number of aliphatic imine (C=N–C) groups is 1. The van der Waals surface area contributed by atoms with Gasteiger partial charge in [-0.05, 0) is 61.6 Å². The highest BCUT2D eigenvalue weighted by molar-refractivity contribution is 6.34. The summed E-state index contributed by atoms with van der Waals surface area (Å²) in [6.45, 7) is 13.4. The van der Waals surface area contributed by atoms with Gasteiger partial charge in [0.2, 0.25) is 12.3 Å². The van der Waals surface area contributed by atoms with Gasteiger partial charge in [0.25, 0.3) is 0 Å². The minimum absolute atomic E-state index is 0.0570. The quantitative estimate of drug-likeness (QED) is 0.112. The van der Waals surface area contributed by atoms with Crippen LogP contribution >= 0.6 is 11.6 Å². The number of hydrogen-bond acceptors (Lipinski definition) is 5. The molecule has 0 bridgehead atoms. The maximum absolute atomic E-state index is 13.2. The molecule has 1 saturated heterocycles. The molecule has 1 unspecified atom stereocenters. The summed E-state index contributed by atoms with van der Waals surface area (Å²) in [6, 6.07) is 11.9. The van der Waals surface area contributed by atoms with Crippen molar-refractivity contribution >= 4 is 52.2 Å². The maximum atomic E-state index is 13.2. The second kappa shape index (κ2) is 13.0. The van der Waals surface area contributed by atoms with Gasteiger partial charge in [-0.3, -0.25) is 24.6 Å². The second-order valence-corrected chi connectivity index (χ2v) is 11.4. The summed E-state index contributed by atoms with van der Waals surface area (Å²) in [5.74, 6) is 0.990. The molecule has 9 nitrogen and oxygen atoms in total. The van der Waals surface area contributed by atoms with Crippen molar-refractivity contribution in [3.8, 4) is 11.3 Å². The van der Waals surface area contributed by atoms with Crippen LogP contribution in [-0.2, 0) is 22.4 Å². The standard InChI is InChI=1S/C34H38ClN7O2/c1-7-23-11-10-12-24(8-2)32(23)42(20-43)34-25(33(36-6)41-16-15-40(19-22(41)5)29(44)9-3)17-27(35)31(38-34)30-21(4)13-14-28-26(30)18-37-39-28/h9-14,17-18,20,22H,3,7-8,15-16,19H2,1-2,4-6H3,(H,37,39). The largest absolute Gasteiger partial charge is 0.350 e. The molecule has 0 radical (unpaired) electrons. The van der Waals surface area contributed by atoms with Crippen molar-refractivity contribution in [1.82, 2.24) is 25.0 Å². The first-order valence-electron chi connectivity index (χ1n) is 14.9. The van der Waals surface area contributed by atoms with Gasteiger partial charge in [-0.2, -0.15) is 5.10 Å². The molecule has 44 heavy (non-hydrogen) atoms. The third-order valence-electron chi connectivity index (χ3n) is 8.40. The molecule has 5 rings (SSSR count). The molecular weight excluding hydrogens is 574 g/mol. The normalized spacial score (nSPS) is 15.5. The average molecular weight is 612 g/mol. The Bertz CT molecular complexity index is 1740. The number of aryl methyl sites for hydroxylation is 3. The molecule has 1 aliphatic heterocycles. The van der Waals surface area contributed by atoms with Gasteiger partial charge in [-0.25, -0.2) is 4.98 Å². The SMILES string of the molecule is C=CC(=O)N1CCN(C(=NC)c2cc(Cl)c(-c3c(C)ccc4[nH]ncc34)nc2N(C=O)c2c(CC)cccc2CC)C(C)C1. The number of piperazine rings is 1. The maximum Gasteiger partial charge on any atom is 0.246 e. The Labute approximate surface area is 263 Å². The van der Waals surface area contributed by atoms with Crippen molar-refractivity contribution < 1.29 is 9.59 Å². The Kier molecular flexibility index (Phi) is 9.15. The Morgan fingerprint density at radius 3 is 2.55 bits per heavy atom. The molecule has 1 N–H and O–H groups in total. The van der Waals surface area contributed by atoms with Gasteiger partial charge in [-0.15, -0.1) is 0 Å². The average Bonchev–Trinajstić information content (AvgIpc) is 3.52. The number of H-pyrrole nitrogens is 1. The van der Waals surface area contributed by atoms with Crippen LogP contribution in [0.3, 0.4) is 0 Å². The highest BCUT2D eigenvalue weighted by Gasteiger charge is 2.32. The minimum Gasteiger partial charge on any atom is -0.350 e. The van der Waals surface area contributed by atoms with Crippen molar-refractivity contribution in [1.29, 1.82) is 0 Å². The van der Waals surface area contributed by atoms with E-state index < -0.39 is 0 Å². The zero-order valence-electron chi connectivity index (χ0n) is 25.9. The number of aromatic nitrogens is 3. The van der Waals surface area contributed by atoms with Crippen molar-refractivity contribution in [3.05, 3.63) is 82.5 Å². The van der Waals surface area contributed by atoms with Gasteiger partial charge >= 0.3 is 0 Å². The van der Waals surface area contributed by atoms with Crippen molar-refractivity contribution in [3.63, 3.8) is 0 Å². The molecule has 10 heteroatoms. The van der Waals surface area contributed by atoms with E-state index in [1.54, 1.807) is 23.0 Å². The predicted molar refractivity (Wildman–Crippen MR) is 178 cm³/mol. The van der Waals surface area contributed by atoms with E-state index in [2.05, 4.69) is 42.4 Å². The zero-order valence-corrected chi connectivity index (χ0v) is 26.6. The number of fused-ring (bicyclic) bond motifs is 1. The van der Waals surface area contributed by atoms with E-state index in [0.717, 1.165) is 58.1 Å². The van der Waals surface area contributed by atoms with Crippen LogP contribution < -0.4 is 4.90 Å². The van der Waals surface area contributed by atoms with Gasteiger partial charge in [-0.1, -0.05) is 56.3 Å². The van der Waals surface area contributed by atoms with Gasteiger partial charge in [0.05, 0.1) is 33.7 Å². The smallest absolute Gasteiger partial charge is 0.246 e. The first kappa shape index (κ1) is 30.9. The van der Waals surface area contributed by atoms with E-state index in [1.165, 1.54) is 6.08 Å². The molecule has 2 aromatic heterocycles. The molecule has 4 aromatic rings. The Morgan fingerprint density at radius 2 is 1.93 bits per heavy atom. The number of amides is 2. The number of anilines is 2. The fraction of sp³-hybridized carbons (Fsp3) is 0.324. The lowest BCUT2D eigenvalue weighted by atomic mass is 9.99. The molecule has 3 heterocycles. The third kappa shape index (κ3) is 5.48. The van der Waals surface area contributed by atoms with E-state index in [-0.39, 0.29) is 11.9 Å². The van der Waals surface area contributed by atoms with E-state index in [9.17, 15) is 9.59 Å². The van der Waals surface area contributed by atoms with Crippen molar-refractivity contribution in [2.24, 2.45) is 4.99 Å². The molecule has 228 valence electrons. The molecule has 0 spiro atoms. The number of halogens is 1. The monoisotopic (exact) mass is 611 g/mol. The summed E-state index contributed by atoms with van der Waals surface area (Å²) in [5.41, 5.74) is 6.77. The Hall–Kier alpha value is -4.50. The van der Waals surface area contributed by atoms with Crippen molar-refractivity contribution in [2.45, 2.75) is 46.6 Å². The minimum atomic E-state index is -0.0968. The number of amidine groups is 1. The topological polar surface area (TPSA) is 97.8 Å². The summed E-state index contributed by atoms with van der Waals surface area (Å²) < 4.78 is 0. The number of hydrogen-bond donors (Lipinski definition) is 1. The molecule has 1 fully saturated rings. The van der Waals surface area contributed by atoms with Crippen LogP contribution in [0, 0.1) is 6.92 Å². The fourth-order valence-electron chi connectivity index (χ4n) is 6.18.